The van der Waals surface area contributed by atoms with Crippen molar-refractivity contribution in [2.24, 2.45) is 5.92 Å². The van der Waals surface area contributed by atoms with E-state index in [9.17, 15) is 9.59 Å². The van der Waals surface area contributed by atoms with E-state index in [-0.39, 0.29) is 18.2 Å². The van der Waals surface area contributed by atoms with Gasteiger partial charge in [0.2, 0.25) is 5.91 Å². The number of amides is 2. The van der Waals surface area contributed by atoms with Crippen molar-refractivity contribution in [3.63, 3.8) is 0 Å². The molecular weight excluding hydrogens is 344 g/mol. The SMILES string of the molecule is CC(C)CNC(=O)CN1C(=O)/C(=C\c2ccccn2)Oc2ccc(N)cc21. The number of pyridine rings is 1. The molecule has 1 aromatic heterocycles. The summed E-state index contributed by atoms with van der Waals surface area (Å²) in [6, 6.07) is 10.4. The molecule has 0 bridgehead atoms. The molecule has 1 aliphatic heterocycles. The highest BCUT2D eigenvalue weighted by atomic mass is 16.5. The molecule has 140 valence electrons. The average molecular weight is 366 g/mol. The van der Waals surface area contributed by atoms with Crippen LogP contribution in [0.1, 0.15) is 19.5 Å². The van der Waals surface area contributed by atoms with Gasteiger partial charge >= 0.3 is 0 Å². The van der Waals surface area contributed by atoms with Gasteiger partial charge < -0.3 is 15.8 Å². The summed E-state index contributed by atoms with van der Waals surface area (Å²) in [7, 11) is 0. The topological polar surface area (TPSA) is 97.5 Å². The van der Waals surface area contributed by atoms with Gasteiger partial charge in [0.25, 0.3) is 5.91 Å². The highest BCUT2D eigenvalue weighted by Gasteiger charge is 2.32. The minimum Gasteiger partial charge on any atom is -0.449 e. The third kappa shape index (κ3) is 4.44. The average Bonchev–Trinajstić information content (AvgIpc) is 2.65. The first-order chi connectivity index (χ1) is 12.9. The van der Waals surface area contributed by atoms with E-state index >= 15 is 0 Å². The van der Waals surface area contributed by atoms with Crippen LogP contribution in [0.3, 0.4) is 0 Å². The fourth-order valence-electron chi connectivity index (χ4n) is 2.60. The van der Waals surface area contributed by atoms with E-state index in [1.165, 1.54) is 4.90 Å². The molecule has 0 unspecified atom stereocenters. The molecule has 7 nitrogen and oxygen atoms in total. The quantitative estimate of drug-likeness (QED) is 0.624. The van der Waals surface area contributed by atoms with E-state index in [1.54, 1.807) is 42.6 Å². The first-order valence-corrected chi connectivity index (χ1v) is 8.72. The first-order valence-electron chi connectivity index (χ1n) is 8.72. The van der Waals surface area contributed by atoms with Gasteiger partial charge in [0.05, 0.1) is 11.4 Å². The molecule has 3 rings (SSSR count). The summed E-state index contributed by atoms with van der Waals surface area (Å²) in [4.78, 5) is 30.8. The molecule has 3 N–H and O–H groups in total. The van der Waals surface area contributed by atoms with Crippen LogP contribution in [0.2, 0.25) is 0 Å². The lowest BCUT2D eigenvalue weighted by molar-refractivity contribution is -0.123. The molecule has 0 saturated carbocycles. The fraction of sp³-hybridized carbons (Fsp3) is 0.250. The molecular formula is C20H22N4O3. The maximum Gasteiger partial charge on any atom is 0.294 e. The number of carbonyl (C=O) groups excluding carboxylic acids is 2. The van der Waals surface area contributed by atoms with Crippen LogP contribution < -0.4 is 20.7 Å². The summed E-state index contributed by atoms with van der Waals surface area (Å²) in [6.45, 7) is 4.43. The molecule has 0 saturated heterocycles. The van der Waals surface area contributed by atoms with Crippen molar-refractivity contribution in [2.75, 3.05) is 23.7 Å². The highest BCUT2D eigenvalue weighted by Crippen LogP contribution is 2.37. The normalized spacial score (nSPS) is 14.9. The third-order valence-electron chi connectivity index (χ3n) is 3.93. The number of rotatable bonds is 5. The zero-order valence-electron chi connectivity index (χ0n) is 15.3. The summed E-state index contributed by atoms with van der Waals surface area (Å²) < 4.78 is 5.76. The Morgan fingerprint density at radius 3 is 2.85 bits per heavy atom. The lowest BCUT2D eigenvalue weighted by atomic mass is 10.1. The number of nitrogens with zero attached hydrogens (tertiary/aromatic N) is 2. The van der Waals surface area contributed by atoms with Crippen LogP contribution in [-0.2, 0) is 9.59 Å². The minimum absolute atomic E-state index is 0.0997. The monoisotopic (exact) mass is 366 g/mol. The summed E-state index contributed by atoms with van der Waals surface area (Å²) in [6.07, 6.45) is 3.19. The van der Waals surface area contributed by atoms with E-state index in [2.05, 4.69) is 10.3 Å². The van der Waals surface area contributed by atoms with E-state index in [0.29, 0.717) is 35.3 Å². The van der Waals surface area contributed by atoms with Crippen molar-refractivity contribution in [3.05, 3.63) is 54.0 Å². The van der Waals surface area contributed by atoms with E-state index in [0.717, 1.165) is 0 Å². The third-order valence-corrected chi connectivity index (χ3v) is 3.93. The molecule has 1 aliphatic rings. The number of ether oxygens (including phenoxy) is 1. The van der Waals surface area contributed by atoms with Gasteiger partial charge in [0, 0.05) is 24.5 Å². The first kappa shape index (κ1) is 18.4. The van der Waals surface area contributed by atoms with Gasteiger partial charge in [-0.2, -0.15) is 0 Å². The number of nitrogens with two attached hydrogens (primary N) is 1. The number of hydrogen-bond donors (Lipinski definition) is 2. The number of aromatic nitrogens is 1. The van der Waals surface area contributed by atoms with Crippen LogP contribution >= 0.6 is 0 Å². The number of nitrogen functional groups attached to an aromatic ring is 1. The standard InChI is InChI=1S/C20H22N4O3/c1-13(2)11-23-19(25)12-24-16-9-14(21)6-7-17(16)27-18(20(24)26)10-15-5-3-4-8-22-15/h3-10,13H,11-12,21H2,1-2H3,(H,23,25)/b18-10+. The van der Waals surface area contributed by atoms with E-state index in [1.807, 2.05) is 19.9 Å². The number of fused-ring (bicyclic) bond motifs is 1. The summed E-state index contributed by atoms with van der Waals surface area (Å²) in [5.41, 5.74) is 7.40. The molecule has 0 aliphatic carbocycles. The molecule has 0 spiro atoms. The highest BCUT2D eigenvalue weighted by molar-refractivity contribution is 6.12. The second-order valence-electron chi connectivity index (χ2n) is 6.68. The van der Waals surface area contributed by atoms with Gasteiger partial charge in [-0.25, -0.2) is 0 Å². The molecule has 7 heteroatoms. The minimum atomic E-state index is -0.418. The summed E-state index contributed by atoms with van der Waals surface area (Å²) >= 11 is 0. The van der Waals surface area contributed by atoms with E-state index < -0.39 is 5.91 Å². The Bertz CT molecular complexity index is 878. The predicted molar refractivity (Wildman–Crippen MR) is 104 cm³/mol. The molecule has 0 atom stereocenters. The van der Waals surface area contributed by atoms with Crippen LogP contribution in [0.25, 0.3) is 6.08 Å². The Kier molecular flexibility index (Phi) is 5.40. The van der Waals surface area contributed by atoms with Gasteiger partial charge in [0.1, 0.15) is 6.54 Å². The number of hydrogen-bond acceptors (Lipinski definition) is 5. The zero-order chi connectivity index (χ0) is 19.4. The van der Waals surface area contributed by atoms with Crippen LogP contribution in [0.4, 0.5) is 11.4 Å². The molecule has 0 fully saturated rings. The Labute approximate surface area is 157 Å². The number of carbonyl (C=O) groups is 2. The summed E-state index contributed by atoms with van der Waals surface area (Å²) in [5, 5.41) is 2.82. The second-order valence-corrected chi connectivity index (χ2v) is 6.68. The Morgan fingerprint density at radius 1 is 1.33 bits per heavy atom. The zero-order valence-corrected chi connectivity index (χ0v) is 15.3. The Hall–Kier alpha value is -3.35. The number of anilines is 2. The van der Waals surface area contributed by atoms with Crippen LogP contribution in [0, 0.1) is 5.92 Å². The molecule has 2 heterocycles. The van der Waals surface area contributed by atoms with Gasteiger partial charge in [-0.1, -0.05) is 19.9 Å². The van der Waals surface area contributed by atoms with Crippen molar-refractivity contribution in [1.29, 1.82) is 0 Å². The second kappa shape index (κ2) is 7.90. The Balaban J connectivity index is 1.92. The van der Waals surface area contributed by atoms with Gasteiger partial charge in [-0.05, 0) is 36.2 Å². The lowest BCUT2D eigenvalue weighted by Gasteiger charge is -2.30. The van der Waals surface area contributed by atoms with Crippen molar-refractivity contribution in [3.8, 4) is 5.75 Å². The van der Waals surface area contributed by atoms with Crippen molar-refractivity contribution < 1.29 is 14.3 Å². The number of benzene rings is 1. The molecule has 0 radical (unpaired) electrons. The molecule has 2 aromatic rings. The van der Waals surface area contributed by atoms with Crippen molar-refractivity contribution in [1.82, 2.24) is 10.3 Å². The maximum atomic E-state index is 13.0. The van der Waals surface area contributed by atoms with Gasteiger partial charge in [-0.15, -0.1) is 0 Å². The predicted octanol–water partition coefficient (Wildman–Crippen LogP) is 2.20. The van der Waals surface area contributed by atoms with Crippen molar-refractivity contribution in [2.45, 2.75) is 13.8 Å². The van der Waals surface area contributed by atoms with Gasteiger partial charge in [0.15, 0.2) is 11.5 Å². The van der Waals surface area contributed by atoms with E-state index in [4.69, 9.17) is 10.5 Å². The smallest absolute Gasteiger partial charge is 0.294 e. The molecule has 1 aromatic carbocycles. The molecule has 2 amide bonds. The number of nitrogens with one attached hydrogen (secondary N) is 1. The van der Waals surface area contributed by atoms with Crippen LogP contribution in [0.5, 0.6) is 5.75 Å². The lowest BCUT2D eigenvalue weighted by Crippen LogP contribution is -2.44. The Morgan fingerprint density at radius 2 is 2.15 bits per heavy atom. The summed E-state index contributed by atoms with van der Waals surface area (Å²) in [5.74, 6) is 0.213. The van der Waals surface area contributed by atoms with Crippen LogP contribution in [0.15, 0.2) is 48.4 Å². The van der Waals surface area contributed by atoms with Crippen molar-refractivity contribution >= 4 is 29.3 Å². The molecule has 27 heavy (non-hydrogen) atoms. The van der Waals surface area contributed by atoms with Crippen LogP contribution in [-0.4, -0.2) is 29.9 Å². The maximum absolute atomic E-state index is 13.0. The fourth-order valence-corrected chi connectivity index (χ4v) is 2.60. The van der Waals surface area contributed by atoms with Gasteiger partial charge in [-0.3, -0.25) is 19.5 Å². The largest absolute Gasteiger partial charge is 0.449 e.